The Balaban J connectivity index is 3.69. The van der Waals surface area contributed by atoms with Gasteiger partial charge in [0.2, 0.25) is 0 Å². The third-order valence-electron chi connectivity index (χ3n) is 1.65. The predicted octanol–water partition coefficient (Wildman–Crippen LogP) is -0.931. The summed E-state index contributed by atoms with van der Waals surface area (Å²) in [6.07, 6.45) is 0.381. The predicted molar refractivity (Wildman–Crippen MR) is 42.1 cm³/mol. The van der Waals surface area contributed by atoms with Gasteiger partial charge < -0.3 is 15.6 Å². The van der Waals surface area contributed by atoms with E-state index in [1.165, 1.54) is 0 Å². The summed E-state index contributed by atoms with van der Waals surface area (Å²) in [5.74, 6) is -1.32. The van der Waals surface area contributed by atoms with Crippen molar-refractivity contribution in [3.63, 3.8) is 0 Å². The molecule has 0 aliphatic heterocycles. The van der Waals surface area contributed by atoms with Gasteiger partial charge in [-0.3, -0.25) is 4.79 Å². The highest BCUT2D eigenvalue weighted by Gasteiger charge is 2.10. The first-order chi connectivity index (χ1) is 5.45. The van der Waals surface area contributed by atoms with Crippen molar-refractivity contribution in [2.24, 2.45) is 11.7 Å². The fourth-order valence-electron chi connectivity index (χ4n) is 0.704. The molecule has 0 rings (SSSR count). The highest BCUT2D eigenvalue weighted by Crippen LogP contribution is 2.02. The number of ketones is 1. The summed E-state index contributed by atoms with van der Waals surface area (Å²) in [5, 5.41) is 10.1. The van der Waals surface area contributed by atoms with Crippen molar-refractivity contribution in [3.8, 4) is 0 Å². The Labute approximate surface area is 71.8 Å². The summed E-state index contributed by atoms with van der Waals surface area (Å²) < 4.78 is 0. The van der Waals surface area contributed by atoms with Crippen LogP contribution in [-0.4, -0.2) is 17.8 Å². The Morgan fingerprint density at radius 2 is 1.92 bits per heavy atom. The maximum atomic E-state index is 11.0. The molecule has 0 aromatic carbocycles. The fourth-order valence-corrected chi connectivity index (χ4v) is 0.704. The van der Waals surface area contributed by atoms with E-state index in [1.807, 2.05) is 0 Å². The van der Waals surface area contributed by atoms with Crippen molar-refractivity contribution in [2.45, 2.75) is 32.7 Å². The second kappa shape index (κ2) is 4.87. The second-order valence-corrected chi connectivity index (χ2v) is 3.09. The minimum Gasteiger partial charge on any atom is -0.548 e. The topological polar surface area (TPSA) is 83.2 Å². The summed E-state index contributed by atoms with van der Waals surface area (Å²) in [7, 11) is 0. The van der Waals surface area contributed by atoms with E-state index in [-0.39, 0.29) is 24.5 Å². The van der Waals surface area contributed by atoms with Gasteiger partial charge in [-0.15, -0.1) is 0 Å². The maximum absolute atomic E-state index is 11.0. The summed E-state index contributed by atoms with van der Waals surface area (Å²) in [6, 6.07) is -1.02. The number of Topliss-reactive ketones (excluding diaryl/α,β-unsaturated/α-hetero) is 1. The van der Waals surface area contributed by atoms with Gasteiger partial charge in [0.05, 0.1) is 5.97 Å². The number of hydrogen-bond donors (Lipinski definition) is 1. The Morgan fingerprint density at radius 1 is 1.42 bits per heavy atom. The molecule has 0 aromatic rings. The van der Waals surface area contributed by atoms with E-state index < -0.39 is 12.0 Å². The second-order valence-electron chi connectivity index (χ2n) is 3.09. The van der Waals surface area contributed by atoms with Gasteiger partial charge in [-0.05, 0) is 6.42 Å². The Morgan fingerprint density at radius 3 is 2.25 bits per heavy atom. The molecule has 1 atom stereocenters. The van der Waals surface area contributed by atoms with Crippen LogP contribution >= 0.6 is 0 Å². The molecule has 0 aromatic heterocycles. The van der Waals surface area contributed by atoms with Crippen molar-refractivity contribution in [1.29, 1.82) is 0 Å². The fraction of sp³-hybridized carbons (Fsp3) is 0.750. The zero-order chi connectivity index (χ0) is 9.72. The molecule has 0 saturated heterocycles. The van der Waals surface area contributed by atoms with E-state index in [1.54, 1.807) is 13.8 Å². The van der Waals surface area contributed by atoms with Gasteiger partial charge in [-0.25, -0.2) is 0 Å². The molecule has 0 saturated carbocycles. The number of nitrogens with two attached hydrogens (primary N) is 1. The van der Waals surface area contributed by atoms with Crippen LogP contribution in [0.3, 0.4) is 0 Å². The van der Waals surface area contributed by atoms with Crippen LogP contribution in [0.15, 0.2) is 0 Å². The van der Waals surface area contributed by atoms with Gasteiger partial charge in [0.25, 0.3) is 0 Å². The molecule has 0 aliphatic rings. The molecule has 0 radical (unpaired) electrons. The molecular formula is C8H14NO3-. The first kappa shape index (κ1) is 11.1. The molecular weight excluding hydrogens is 158 g/mol. The van der Waals surface area contributed by atoms with Crippen LogP contribution in [-0.2, 0) is 9.59 Å². The van der Waals surface area contributed by atoms with E-state index in [0.717, 1.165) is 0 Å². The largest absolute Gasteiger partial charge is 0.548 e. The quantitative estimate of drug-likeness (QED) is 0.580. The third-order valence-corrected chi connectivity index (χ3v) is 1.65. The van der Waals surface area contributed by atoms with Crippen molar-refractivity contribution in [2.75, 3.05) is 0 Å². The minimum absolute atomic E-state index is 0.0340. The lowest BCUT2D eigenvalue weighted by Gasteiger charge is -2.12. The van der Waals surface area contributed by atoms with Gasteiger partial charge in [-0.1, -0.05) is 13.8 Å². The Hall–Kier alpha value is -0.900. The lowest BCUT2D eigenvalue weighted by atomic mass is 10.0. The number of aliphatic carboxylic acids is 1. The Kier molecular flexibility index (Phi) is 4.51. The van der Waals surface area contributed by atoms with Crippen molar-refractivity contribution >= 4 is 11.8 Å². The SMILES string of the molecule is CC(C)C(=O)CC[C@H](N)C(=O)[O-]. The van der Waals surface area contributed by atoms with Crippen LogP contribution in [0.2, 0.25) is 0 Å². The summed E-state index contributed by atoms with van der Waals surface area (Å²) >= 11 is 0. The molecule has 0 amide bonds. The van der Waals surface area contributed by atoms with Crippen molar-refractivity contribution in [1.82, 2.24) is 0 Å². The third kappa shape index (κ3) is 4.08. The van der Waals surface area contributed by atoms with E-state index in [2.05, 4.69) is 0 Å². The zero-order valence-corrected chi connectivity index (χ0v) is 7.37. The average Bonchev–Trinajstić information content (AvgIpc) is 1.98. The van der Waals surface area contributed by atoms with Gasteiger partial charge in [0.1, 0.15) is 5.78 Å². The first-order valence-electron chi connectivity index (χ1n) is 3.94. The Bertz CT molecular complexity index is 177. The highest BCUT2D eigenvalue weighted by molar-refractivity contribution is 5.81. The van der Waals surface area contributed by atoms with Gasteiger partial charge >= 0.3 is 0 Å². The molecule has 0 aliphatic carbocycles. The molecule has 0 unspecified atom stereocenters. The average molecular weight is 172 g/mol. The lowest BCUT2D eigenvalue weighted by Crippen LogP contribution is -2.42. The summed E-state index contributed by atoms with van der Waals surface area (Å²) in [6.45, 7) is 3.54. The summed E-state index contributed by atoms with van der Waals surface area (Å²) in [4.78, 5) is 21.1. The highest BCUT2D eigenvalue weighted by atomic mass is 16.4. The molecule has 0 fully saturated rings. The molecule has 4 nitrogen and oxygen atoms in total. The normalized spacial score (nSPS) is 13.0. The van der Waals surface area contributed by atoms with Crippen molar-refractivity contribution in [3.05, 3.63) is 0 Å². The van der Waals surface area contributed by atoms with Crippen LogP contribution in [0, 0.1) is 5.92 Å². The molecule has 2 N–H and O–H groups in total. The molecule has 0 spiro atoms. The number of hydrogen-bond acceptors (Lipinski definition) is 4. The maximum Gasteiger partial charge on any atom is 0.135 e. The lowest BCUT2D eigenvalue weighted by molar-refractivity contribution is -0.307. The monoisotopic (exact) mass is 172 g/mol. The zero-order valence-electron chi connectivity index (χ0n) is 7.37. The number of carbonyl (C=O) groups excluding carboxylic acids is 2. The van der Waals surface area contributed by atoms with E-state index >= 15 is 0 Å². The van der Waals surface area contributed by atoms with Crippen LogP contribution in [0.1, 0.15) is 26.7 Å². The number of carbonyl (C=O) groups is 2. The van der Waals surface area contributed by atoms with E-state index in [0.29, 0.717) is 0 Å². The van der Waals surface area contributed by atoms with Crippen molar-refractivity contribution < 1.29 is 14.7 Å². The van der Waals surface area contributed by atoms with Crippen LogP contribution in [0.4, 0.5) is 0 Å². The number of carboxylic acid groups (broad SMARTS) is 1. The first-order valence-corrected chi connectivity index (χ1v) is 3.94. The molecule has 4 heteroatoms. The van der Waals surface area contributed by atoms with Gasteiger partial charge in [0, 0.05) is 18.4 Å². The molecule has 70 valence electrons. The number of carboxylic acids is 1. The molecule has 0 heterocycles. The number of rotatable bonds is 5. The molecule has 12 heavy (non-hydrogen) atoms. The van der Waals surface area contributed by atoms with Crippen LogP contribution in [0.5, 0.6) is 0 Å². The van der Waals surface area contributed by atoms with Crippen LogP contribution in [0.25, 0.3) is 0 Å². The minimum atomic E-state index is -1.30. The van der Waals surface area contributed by atoms with Gasteiger partial charge in [0.15, 0.2) is 0 Å². The van der Waals surface area contributed by atoms with E-state index in [4.69, 9.17) is 5.73 Å². The summed E-state index contributed by atoms with van der Waals surface area (Å²) in [5.41, 5.74) is 5.15. The standard InChI is InChI=1S/C8H15NO3/c1-5(2)7(10)4-3-6(9)8(11)12/h5-6H,3-4,9H2,1-2H3,(H,11,12)/p-1/t6-/m0/s1. The van der Waals surface area contributed by atoms with Gasteiger partial charge in [-0.2, -0.15) is 0 Å². The van der Waals surface area contributed by atoms with E-state index in [9.17, 15) is 14.7 Å². The molecule has 0 bridgehead atoms. The smallest absolute Gasteiger partial charge is 0.135 e. The van der Waals surface area contributed by atoms with Crippen LogP contribution < -0.4 is 10.8 Å².